The smallest absolute Gasteiger partial charge is 0.306 e. The highest BCUT2D eigenvalue weighted by Crippen LogP contribution is 2.73. The van der Waals surface area contributed by atoms with Crippen LogP contribution in [0, 0.1) is 45.3 Å². The van der Waals surface area contributed by atoms with Crippen LogP contribution in [0.1, 0.15) is 106 Å². The van der Waals surface area contributed by atoms with Gasteiger partial charge in [-0.05, 0) is 111 Å². The molecule has 0 amide bonds. The molecule has 0 aromatic carbocycles. The highest BCUT2D eigenvalue weighted by Gasteiger charge is 2.65. The number of aliphatic hydroxyl groups excluding tert-OH is 1. The number of carbonyl (C=O) groups is 1. The van der Waals surface area contributed by atoms with Crippen molar-refractivity contribution in [1.82, 2.24) is 0 Å². The average molecular weight is 457 g/mol. The number of hydrogen-bond donors (Lipinski definition) is 2. The Balaban J connectivity index is 1.67. The van der Waals surface area contributed by atoms with Gasteiger partial charge in [0.2, 0.25) is 0 Å². The Bertz CT molecular complexity index is 849. The van der Waals surface area contributed by atoms with Crippen molar-refractivity contribution in [3.05, 3.63) is 23.3 Å². The van der Waals surface area contributed by atoms with E-state index in [4.69, 9.17) is 0 Å². The molecule has 3 nitrogen and oxygen atoms in total. The van der Waals surface area contributed by atoms with E-state index >= 15 is 0 Å². The molecule has 0 bridgehead atoms. The Kier molecular flexibility index (Phi) is 6.25. The Hall–Kier alpha value is -1.09. The zero-order valence-electron chi connectivity index (χ0n) is 22.2. The number of rotatable bonds is 5. The third kappa shape index (κ3) is 3.58. The van der Waals surface area contributed by atoms with E-state index < -0.39 is 5.97 Å². The van der Waals surface area contributed by atoms with Crippen molar-refractivity contribution >= 4 is 5.97 Å². The number of fused-ring (bicyclic) bond motifs is 5. The fourth-order valence-electron chi connectivity index (χ4n) is 9.43. The molecule has 4 aliphatic carbocycles. The highest BCUT2D eigenvalue weighted by molar-refractivity contribution is 5.70. The molecule has 33 heavy (non-hydrogen) atoms. The van der Waals surface area contributed by atoms with Gasteiger partial charge in [0.05, 0.1) is 12.0 Å². The summed E-state index contributed by atoms with van der Waals surface area (Å²) in [4.78, 5) is 12.4. The van der Waals surface area contributed by atoms with Crippen molar-refractivity contribution in [2.45, 2.75) is 112 Å². The van der Waals surface area contributed by atoms with Crippen molar-refractivity contribution in [2.24, 2.45) is 45.3 Å². The molecule has 0 aromatic heterocycles. The molecule has 0 saturated heterocycles. The first kappa shape index (κ1) is 25.0. The largest absolute Gasteiger partial charge is 0.481 e. The van der Waals surface area contributed by atoms with Gasteiger partial charge in [-0.3, -0.25) is 4.79 Å². The number of aliphatic carboxylic acids is 1. The first-order valence-electron chi connectivity index (χ1n) is 13.5. The molecule has 0 aliphatic heterocycles. The molecule has 4 rings (SSSR count). The molecule has 0 radical (unpaired) electrons. The maximum Gasteiger partial charge on any atom is 0.306 e. The fraction of sp³-hybridized carbons (Fsp3) is 0.833. The van der Waals surface area contributed by atoms with Crippen LogP contribution in [0.2, 0.25) is 0 Å². The number of aliphatic hydroxyl groups is 1. The summed E-state index contributed by atoms with van der Waals surface area (Å²) >= 11 is 0. The van der Waals surface area contributed by atoms with E-state index in [1.807, 2.05) is 0 Å². The van der Waals surface area contributed by atoms with Gasteiger partial charge in [-0.2, -0.15) is 0 Å². The second-order valence-corrected chi connectivity index (χ2v) is 13.6. The van der Waals surface area contributed by atoms with Gasteiger partial charge in [0.1, 0.15) is 0 Å². The van der Waals surface area contributed by atoms with Crippen LogP contribution in [0.25, 0.3) is 0 Å². The standard InChI is InChI=1S/C30H48O3/c1-19(2)9-8-10-20(26(32)33)21-13-17-30(7)23-11-12-24-27(3,4)25(31)15-16-28(24,5)22(23)14-18-29(21,30)6/h9,11,20-22,24-25,31H,8,10,12-18H2,1-7H3,(H,32,33)/t20-,21-,22-,24+,25+,28+,29+,30+/m0/s1. The topological polar surface area (TPSA) is 57.5 Å². The zero-order chi connectivity index (χ0) is 24.4. The van der Waals surface area contributed by atoms with Gasteiger partial charge in [-0.15, -0.1) is 0 Å². The van der Waals surface area contributed by atoms with Gasteiger partial charge < -0.3 is 10.2 Å². The van der Waals surface area contributed by atoms with Gasteiger partial charge in [0.15, 0.2) is 0 Å². The maximum absolute atomic E-state index is 12.4. The summed E-state index contributed by atoms with van der Waals surface area (Å²) in [7, 11) is 0. The molecule has 0 aromatic rings. The summed E-state index contributed by atoms with van der Waals surface area (Å²) in [5.41, 5.74) is 3.27. The molecule has 8 atom stereocenters. The van der Waals surface area contributed by atoms with Gasteiger partial charge in [-0.1, -0.05) is 57.9 Å². The minimum absolute atomic E-state index is 0.0474. The van der Waals surface area contributed by atoms with Gasteiger partial charge in [-0.25, -0.2) is 0 Å². The van der Waals surface area contributed by atoms with Gasteiger partial charge >= 0.3 is 5.97 Å². The third-order valence-electron chi connectivity index (χ3n) is 11.7. The number of hydrogen-bond acceptors (Lipinski definition) is 2. The zero-order valence-corrected chi connectivity index (χ0v) is 22.2. The predicted octanol–water partition coefficient (Wildman–Crippen LogP) is 7.40. The molecule has 3 heteroatoms. The first-order chi connectivity index (χ1) is 15.3. The number of allylic oxidation sites excluding steroid dienone is 4. The number of carboxylic acid groups (broad SMARTS) is 1. The van der Waals surface area contributed by atoms with Crippen molar-refractivity contribution < 1.29 is 15.0 Å². The Labute approximate surface area is 202 Å². The molecule has 0 unspecified atom stereocenters. The summed E-state index contributed by atoms with van der Waals surface area (Å²) in [6, 6.07) is 0. The summed E-state index contributed by atoms with van der Waals surface area (Å²) in [5, 5.41) is 21.0. The first-order valence-corrected chi connectivity index (χ1v) is 13.5. The van der Waals surface area contributed by atoms with Crippen LogP contribution in [0.4, 0.5) is 0 Å². The highest BCUT2D eigenvalue weighted by atomic mass is 16.4. The lowest BCUT2D eigenvalue weighted by Crippen LogP contribution is -2.58. The summed E-state index contributed by atoms with van der Waals surface area (Å²) in [5.74, 6) is 0.502. The van der Waals surface area contributed by atoms with Crippen LogP contribution in [-0.4, -0.2) is 22.3 Å². The SMILES string of the molecule is CC(C)=CCC[C@H](C(=O)O)[C@@H]1CC[C@]2(C)C3=CC[C@@H]4C(C)(C)[C@H](O)CC[C@]4(C)[C@H]3CC[C@]12C. The van der Waals surface area contributed by atoms with E-state index in [1.165, 1.54) is 12.0 Å². The monoisotopic (exact) mass is 456 g/mol. The second kappa shape index (κ2) is 8.25. The molecule has 3 saturated carbocycles. The summed E-state index contributed by atoms with van der Waals surface area (Å²) < 4.78 is 0. The average Bonchev–Trinajstić information content (AvgIpc) is 3.00. The lowest BCUT2D eigenvalue weighted by molar-refractivity contribution is -0.149. The molecular weight excluding hydrogens is 408 g/mol. The lowest BCUT2D eigenvalue weighted by atomic mass is 9.41. The van der Waals surface area contributed by atoms with E-state index in [0.717, 1.165) is 51.4 Å². The van der Waals surface area contributed by atoms with Crippen LogP contribution in [0.3, 0.4) is 0 Å². The van der Waals surface area contributed by atoms with Crippen LogP contribution < -0.4 is 0 Å². The number of carboxylic acids is 1. The van der Waals surface area contributed by atoms with Gasteiger partial charge in [0, 0.05) is 0 Å². The molecular formula is C30H48O3. The van der Waals surface area contributed by atoms with E-state index in [2.05, 4.69) is 60.6 Å². The van der Waals surface area contributed by atoms with E-state index in [0.29, 0.717) is 11.8 Å². The van der Waals surface area contributed by atoms with Crippen molar-refractivity contribution in [1.29, 1.82) is 0 Å². The Morgan fingerprint density at radius 1 is 1.09 bits per heavy atom. The third-order valence-corrected chi connectivity index (χ3v) is 11.7. The quantitative estimate of drug-likeness (QED) is 0.424. The van der Waals surface area contributed by atoms with Crippen molar-refractivity contribution in [2.75, 3.05) is 0 Å². The van der Waals surface area contributed by atoms with E-state index in [9.17, 15) is 15.0 Å². The van der Waals surface area contributed by atoms with Crippen LogP contribution in [0.5, 0.6) is 0 Å². The summed E-state index contributed by atoms with van der Waals surface area (Å²) in [6.45, 7) is 16.2. The fourth-order valence-corrected chi connectivity index (χ4v) is 9.43. The normalized spacial score (nSPS) is 44.7. The van der Waals surface area contributed by atoms with E-state index in [1.54, 1.807) is 5.57 Å². The Morgan fingerprint density at radius 3 is 2.42 bits per heavy atom. The second-order valence-electron chi connectivity index (χ2n) is 13.6. The van der Waals surface area contributed by atoms with Crippen molar-refractivity contribution in [3.63, 3.8) is 0 Å². The minimum Gasteiger partial charge on any atom is -0.481 e. The van der Waals surface area contributed by atoms with E-state index in [-0.39, 0.29) is 39.6 Å². The predicted molar refractivity (Wildman–Crippen MR) is 135 cm³/mol. The minimum atomic E-state index is -0.595. The van der Waals surface area contributed by atoms with Crippen molar-refractivity contribution in [3.8, 4) is 0 Å². The molecule has 0 spiro atoms. The molecule has 2 N–H and O–H groups in total. The maximum atomic E-state index is 12.4. The molecule has 3 fully saturated rings. The Morgan fingerprint density at radius 2 is 1.79 bits per heavy atom. The molecule has 4 aliphatic rings. The van der Waals surface area contributed by atoms with Gasteiger partial charge in [0.25, 0.3) is 0 Å². The van der Waals surface area contributed by atoms with Crippen LogP contribution in [0.15, 0.2) is 23.3 Å². The lowest BCUT2D eigenvalue weighted by Gasteiger charge is -2.64. The van der Waals surface area contributed by atoms with Crippen LogP contribution in [-0.2, 0) is 4.79 Å². The summed E-state index contributed by atoms with van der Waals surface area (Å²) in [6.07, 6.45) is 13.7. The molecule has 0 heterocycles. The molecule has 186 valence electrons. The van der Waals surface area contributed by atoms with Crippen LogP contribution >= 0.6 is 0 Å².